The van der Waals surface area contributed by atoms with Crippen LogP contribution >= 0.6 is 0 Å². The maximum absolute atomic E-state index is 10.6. The van der Waals surface area contributed by atoms with Crippen LogP contribution in [0.25, 0.3) is 11.1 Å². The number of carboxylic acid groups (broad SMARTS) is 1. The van der Waals surface area contributed by atoms with Crippen LogP contribution in [0.4, 0.5) is 0 Å². The first kappa shape index (κ1) is 14.1. The molecule has 0 aromatic heterocycles. The van der Waals surface area contributed by atoms with Crippen molar-refractivity contribution in [1.29, 1.82) is 0 Å². The molecule has 0 saturated heterocycles. The van der Waals surface area contributed by atoms with E-state index in [4.69, 9.17) is 9.84 Å². The zero-order chi connectivity index (χ0) is 14.5. The van der Waals surface area contributed by atoms with Crippen molar-refractivity contribution >= 4 is 5.97 Å². The van der Waals surface area contributed by atoms with Gasteiger partial charge in [0.2, 0.25) is 0 Å². The summed E-state index contributed by atoms with van der Waals surface area (Å²) in [6, 6.07) is 14.9. The molecule has 2 aromatic carbocycles. The zero-order valence-electron chi connectivity index (χ0n) is 11.1. The summed E-state index contributed by atoms with van der Waals surface area (Å²) >= 11 is 0. The van der Waals surface area contributed by atoms with Crippen LogP contribution in [0.2, 0.25) is 0 Å². The largest absolute Gasteiger partial charge is 0.497 e. The average molecular weight is 272 g/mol. The van der Waals surface area contributed by atoms with E-state index >= 15 is 0 Å². The highest BCUT2D eigenvalue weighted by Crippen LogP contribution is 2.25. The smallest absolute Gasteiger partial charge is 0.306 e. The van der Waals surface area contributed by atoms with E-state index in [0.717, 1.165) is 16.9 Å². The molecule has 4 heteroatoms. The second kappa shape index (κ2) is 6.21. The molecule has 0 heterocycles. The number of aliphatic hydroxyl groups is 1. The summed E-state index contributed by atoms with van der Waals surface area (Å²) in [6.07, 6.45) is -1.26. The lowest BCUT2D eigenvalue weighted by molar-refractivity contribution is -0.139. The number of rotatable bonds is 5. The Labute approximate surface area is 117 Å². The molecule has 0 spiro atoms. The van der Waals surface area contributed by atoms with Gasteiger partial charge in [0.15, 0.2) is 0 Å². The summed E-state index contributed by atoms with van der Waals surface area (Å²) in [6.45, 7) is 0. The fourth-order valence-electron chi connectivity index (χ4n) is 1.96. The maximum Gasteiger partial charge on any atom is 0.306 e. The Morgan fingerprint density at radius 2 is 1.55 bits per heavy atom. The summed E-state index contributed by atoms with van der Waals surface area (Å²) in [4.78, 5) is 10.6. The molecule has 0 bridgehead atoms. The molecule has 1 atom stereocenters. The first-order chi connectivity index (χ1) is 9.60. The Morgan fingerprint density at radius 1 is 1.05 bits per heavy atom. The molecule has 1 unspecified atom stereocenters. The SMILES string of the molecule is COc1ccc(-c2ccc(C(O)CC(=O)O)cc2)cc1. The van der Waals surface area contributed by atoms with Crippen molar-refractivity contribution in [2.24, 2.45) is 0 Å². The molecule has 0 fully saturated rings. The van der Waals surface area contributed by atoms with Gasteiger partial charge in [0, 0.05) is 0 Å². The van der Waals surface area contributed by atoms with Crippen molar-refractivity contribution in [2.45, 2.75) is 12.5 Å². The van der Waals surface area contributed by atoms with Crippen molar-refractivity contribution < 1.29 is 19.7 Å². The number of carboxylic acids is 1. The first-order valence-corrected chi connectivity index (χ1v) is 6.24. The lowest BCUT2D eigenvalue weighted by atomic mass is 10.0. The van der Waals surface area contributed by atoms with Gasteiger partial charge in [0.05, 0.1) is 19.6 Å². The highest BCUT2D eigenvalue weighted by Gasteiger charge is 2.11. The number of carbonyl (C=O) groups is 1. The van der Waals surface area contributed by atoms with Gasteiger partial charge in [-0.3, -0.25) is 4.79 Å². The van der Waals surface area contributed by atoms with Crippen molar-refractivity contribution in [3.8, 4) is 16.9 Å². The van der Waals surface area contributed by atoms with Gasteiger partial charge in [-0.1, -0.05) is 36.4 Å². The molecule has 104 valence electrons. The van der Waals surface area contributed by atoms with E-state index in [1.807, 2.05) is 36.4 Å². The summed E-state index contributed by atoms with van der Waals surface area (Å²) in [7, 11) is 1.62. The van der Waals surface area contributed by atoms with Gasteiger partial charge in [0.25, 0.3) is 0 Å². The predicted molar refractivity (Wildman–Crippen MR) is 75.6 cm³/mol. The second-order valence-electron chi connectivity index (χ2n) is 4.46. The molecule has 2 N–H and O–H groups in total. The number of aliphatic hydroxyl groups excluding tert-OH is 1. The van der Waals surface area contributed by atoms with Gasteiger partial charge in [-0.25, -0.2) is 0 Å². The van der Waals surface area contributed by atoms with Crippen LogP contribution in [0.15, 0.2) is 48.5 Å². The Bertz CT molecular complexity index is 572. The van der Waals surface area contributed by atoms with E-state index in [0.29, 0.717) is 5.56 Å². The third kappa shape index (κ3) is 3.36. The highest BCUT2D eigenvalue weighted by atomic mass is 16.5. The summed E-state index contributed by atoms with van der Waals surface area (Å²) < 4.78 is 5.10. The van der Waals surface area contributed by atoms with Gasteiger partial charge in [0.1, 0.15) is 5.75 Å². The number of hydrogen-bond acceptors (Lipinski definition) is 3. The topological polar surface area (TPSA) is 66.8 Å². The van der Waals surface area contributed by atoms with E-state index in [1.165, 1.54) is 0 Å². The van der Waals surface area contributed by atoms with E-state index < -0.39 is 12.1 Å². The second-order valence-corrected chi connectivity index (χ2v) is 4.46. The summed E-state index contributed by atoms with van der Waals surface area (Å²) in [5, 5.41) is 18.4. The van der Waals surface area contributed by atoms with Crippen LogP contribution < -0.4 is 4.74 Å². The summed E-state index contributed by atoms with van der Waals surface area (Å²) in [5.74, 6) is -0.223. The lowest BCUT2D eigenvalue weighted by Gasteiger charge is -2.09. The number of hydrogen-bond donors (Lipinski definition) is 2. The minimum atomic E-state index is -1.02. The van der Waals surface area contributed by atoms with Crippen LogP contribution in [0.1, 0.15) is 18.1 Å². The van der Waals surface area contributed by atoms with E-state index in [9.17, 15) is 9.90 Å². The molecule has 0 saturated carbocycles. The number of aliphatic carboxylic acids is 1. The van der Waals surface area contributed by atoms with Crippen molar-refractivity contribution in [2.75, 3.05) is 7.11 Å². The monoisotopic (exact) mass is 272 g/mol. The lowest BCUT2D eigenvalue weighted by Crippen LogP contribution is -2.05. The number of ether oxygens (including phenoxy) is 1. The quantitative estimate of drug-likeness (QED) is 0.878. The maximum atomic E-state index is 10.6. The van der Waals surface area contributed by atoms with Crippen LogP contribution in [-0.2, 0) is 4.79 Å². The van der Waals surface area contributed by atoms with Gasteiger partial charge in [-0.15, -0.1) is 0 Å². The number of methoxy groups -OCH3 is 1. The minimum absolute atomic E-state index is 0.290. The molecule has 2 aromatic rings. The number of benzene rings is 2. The standard InChI is InChI=1S/C16H16O4/c1-20-14-8-6-12(7-9-14)11-2-4-13(5-3-11)15(17)10-16(18)19/h2-9,15,17H,10H2,1H3,(H,18,19). The van der Waals surface area contributed by atoms with Gasteiger partial charge < -0.3 is 14.9 Å². The van der Waals surface area contributed by atoms with Crippen LogP contribution in [0.5, 0.6) is 5.75 Å². The Kier molecular flexibility index (Phi) is 4.38. The van der Waals surface area contributed by atoms with E-state index in [2.05, 4.69) is 0 Å². The fraction of sp³-hybridized carbons (Fsp3) is 0.188. The van der Waals surface area contributed by atoms with Gasteiger partial charge >= 0.3 is 5.97 Å². The molecular weight excluding hydrogens is 256 g/mol. The van der Waals surface area contributed by atoms with Crippen molar-refractivity contribution in [1.82, 2.24) is 0 Å². The predicted octanol–water partition coefficient (Wildman–Crippen LogP) is 2.87. The van der Waals surface area contributed by atoms with E-state index in [1.54, 1.807) is 19.2 Å². The fourth-order valence-corrected chi connectivity index (χ4v) is 1.96. The van der Waals surface area contributed by atoms with E-state index in [-0.39, 0.29) is 6.42 Å². The average Bonchev–Trinajstić information content (AvgIpc) is 2.47. The van der Waals surface area contributed by atoms with Gasteiger partial charge in [-0.2, -0.15) is 0 Å². The molecule has 0 amide bonds. The Morgan fingerprint density at radius 3 is 2.00 bits per heavy atom. The third-order valence-electron chi connectivity index (χ3n) is 3.09. The van der Waals surface area contributed by atoms with Crippen LogP contribution in [0.3, 0.4) is 0 Å². The Hall–Kier alpha value is -2.33. The molecular formula is C16H16O4. The van der Waals surface area contributed by atoms with Crippen LogP contribution in [0, 0.1) is 0 Å². The molecule has 0 aliphatic rings. The van der Waals surface area contributed by atoms with Gasteiger partial charge in [-0.05, 0) is 28.8 Å². The molecule has 2 rings (SSSR count). The third-order valence-corrected chi connectivity index (χ3v) is 3.09. The molecule has 0 aliphatic heterocycles. The Balaban J connectivity index is 2.16. The molecule has 0 radical (unpaired) electrons. The summed E-state index contributed by atoms with van der Waals surface area (Å²) in [5.41, 5.74) is 2.63. The van der Waals surface area contributed by atoms with Crippen molar-refractivity contribution in [3.63, 3.8) is 0 Å². The highest BCUT2D eigenvalue weighted by molar-refractivity contribution is 5.68. The molecule has 4 nitrogen and oxygen atoms in total. The van der Waals surface area contributed by atoms with Crippen LogP contribution in [-0.4, -0.2) is 23.3 Å². The minimum Gasteiger partial charge on any atom is -0.497 e. The molecule has 20 heavy (non-hydrogen) atoms. The van der Waals surface area contributed by atoms with Crippen molar-refractivity contribution in [3.05, 3.63) is 54.1 Å². The normalized spacial score (nSPS) is 11.9. The first-order valence-electron chi connectivity index (χ1n) is 6.24. The molecule has 0 aliphatic carbocycles. The zero-order valence-corrected chi connectivity index (χ0v) is 11.1.